The number of fused-ring (bicyclic) bond motifs is 1. The average Bonchev–Trinajstić information content (AvgIpc) is 3.11. The number of hydrogen-bond acceptors (Lipinski definition) is 7. The van der Waals surface area contributed by atoms with Crippen LogP contribution in [0.2, 0.25) is 0 Å². The number of phenolic OH excluding ortho intramolecular Hbond substituents is 1. The minimum absolute atomic E-state index is 0.0358. The molecule has 2 heterocycles. The van der Waals surface area contributed by atoms with E-state index < -0.39 is 16.9 Å². The zero-order chi connectivity index (χ0) is 20.7. The fourth-order valence-electron chi connectivity index (χ4n) is 3.29. The van der Waals surface area contributed by atoms with E-state index >= 15 is 0 Å². The molecule has 1 atom stereocenters. The molecule has 1 amide bonds. The van der Waals surface area contributed by atoms with Crippen LogP contribution in [0.4, 0.5) is 11.6 Å². The van der Waals surface area contributed by atoms with Gasteiger partial charge in [-0.2, -0.15) is 4.98 Å². The molecule has 29 heavy (non-hydrogen) atoms. The van der Waals surface area contributed by atoms with E-state index in [1.54, 1.807) is 31.2 Å². The number of phenols is 1. The summed E-state index contributed by atoms with van der Waals surface area (Å²) in [6.45, 7) is 1.72. The number of nitrogens with two attached hydrogens (primary N) is 1. The SMILES string of the molecule is CC1=C(C(N)=O)C(c2ccc(O)cc2)n2nc(-c3ccc([N+](=O)[O-])cc3)nc2N1. The lowest BCUT2D eigenvalue weighted by Gasteiger charge is -2.27. The summed E-state index contributed by atoms with van der Waals surface area (Å²) in [5.74, 6) is 0.226. The maximum Gasteiger partial charge on any atom is 0.269 e. The van der Waals surface area contributed by atoms with E-state index in [-0.39, 0.29) is 11.4 Å². The molecule has 0 aliphatic carbocycles. The van der Waals surface area contributed by atoms with Crippen molar-refractivity contribution < 1.29 is 14.8 Å². The second-order valence-corrected chi connectivity index (χ2v) is 6.53. The van der Waals surface area contributed by atoms with Crippen LogP contribution in [0.15, 0.2) is 59.8 Å². The van der Waals surface area contributed by atoms with Gasteiger partial charge in [-0.3, -0.25) is 14.9 Å². The first kappa shape index (κ1) is 18.2. The first-order chi connectivity index (χ1) is 13.8. The van der Waals surface area contributed by atoms with Crippen molar-refractivity contribution in [1.82, 2.24) is 14.8 Å². The van der Waals surface area contributed by atoms with Crippen LogP contribution in [0, 0.1) is 10.1 Å². The number of aromatic nitrogens is 3. The predicted octanol–water partition coefficient (Wildman–Crippen LogP) is 2.33. The Labute approximate surface area is 164 Å². The van der Waals surface area contributed by atoms with Gasteiger partial charge in [0.2, 0.25) is 11.9 Å². The number of non-ortho nitro benzene ring substituents is 1. The number of hydrogen-bond donors (Lipinski definition) is 3. The van der Waals surface area contributed by atoms with Gasteiger partial charge in [-0.25, -0.2) is 4.68 Å². The van der Waals surface area contributed by atoms with E-state index in [1.807, 2.05) is 0 Å². The molecular weight excluding hydrogens is 376 g/mol. The number of nitrogens with one attached hydrogen (secondary N) is 1. The van der Waals surface area contributed by atoms with Crippen LogP contribution in [-0.2, 0) is 4.79 Å². The van der Waals surface area contributed by atoms with Gasteiger partial charge in [0.05, 0.1) is 10.5 Å². The number of allylic oxidation sites excluding steroid dienone is 1. The zero-order valence-corrected chi connectivity index (χ0v) is 15.2. The first-order valence-electron chi connectivity index (χ1n) is 8.63. The predicted molar refractivity (Wildman–Crippen MR) is 104 cm³/mol. The maximum atomic E-state index is 12.2. The average molecular weight is 392 g/mol. The summed E-state index contributed by atoms with van der Waals surface area (Å²) >= 11 is 0. The summed E-state index contributed by atoms with van der Waals surface area (Å²) in [7, 11) is 0. The third-order valence-corrected chi connectivity index (χ3v) is 4.66. The molecule has 1 aliphatic rings. The highest BCUT2D eigenvalue weighted by Crippen LogP contribution is 2.36. The summed E-state index contributed by atoms with van der Waals surface area (Å²) in [6, 6.07) is 11.6. The Kier molecular flexibility index (Phi) is 4.23. The summed E-state index contributed by atoms with van der Waals surface area (Å²) in [4.78, 5) is 27.0. The van der Waals surface area contributed by atoms with Gasteiger partial charge in [-0.05, 0) is 36.8 Å². The van der Waals surface area contributed by atoms with E-state index in [9.17, 15) is 20.0 Å². The smallest absolute Gasteiger partial charge is 0.269 e. The van der Waals surface area contributed by atoms with Crippen LogP contribution < -0.4 is 11.1 Å². The van der Waals surface area contributed by atoms with Gasteiger partial charge in [0.25, 0.3) is 5.69 Å². The van der Waals surface area contributed by atoms with Gasteiger partial charge in [-0.1, -0.05) is 12.1 Å². The van der Waals surface area contributed by atoms with Gasteiger partial charge in [0.1, 0.15) is 11.8 Å². The number of aromatic hydroxyl groups is 1. The molecular formula is C19H16N6O4. The van der Waals surface area contributed by atoms with E-state index in [0.717, 1.165) is 0 Å². The third kappa shape index (κ3) is 3.16. The van der Waals surface area contributed by atoms with Crippen molar-refractivity contribution in [3.05, 3.63) is 75.5 Å². The van der Waals surface area contributed by atoms with Crippen molar-refractivity contribution >= 4 is 17.5 Å². The molecule has 3 aromatic rings. The molecule has 10 heteroatoms. The molecule has 10 nitrogen and oxygen atoms in total. The van der Waals surface area contributed by atoms with Gasteiger partial charge in [-0.15, -0.1) is 5.10 Å². The Bertz CT molecular complexity index is 1150. The van der Waals surface area contributed by atoms with Crippen molar-refractivity contribution in [2.45, 2.75) is 13.0 Å². The van der Waals surface area contributed by atoms with Crippen molar-refractivity contribution in [3.8, 4) is 17.1 Å². The van der Waals surface area contributed by atoms with Gasteiger partial charge in [0, 0.05) is 23.4 Å². The number of nitrogens with zero attached hydrogens (tertiary/aromatic N) is 4. The fraction of sp³-hybridized carbons (Fsp3) is 0.105. The van der Waals surface area contributed by atoms with E-state index in [1.165, 1.54) is 28.9 Å². The second-order valence-electron chi connectivity index (χ2n) is 6.53. The Morgan fingerprint density at radius 2 is 1.86 bits per heavy atom. The first-order valence-corrected chi connectivity index (χ1v) is 8.63. The van der Waals surface area contributed by atoms with Crippen LogP contribution in [0.5, 0.6) is 5.75 Å². The van der Waals surface area contributed by atoms with Gasteiger partial charge >= 0.3 is 0 Å². The Hall–Kier alpha value is -4.21. The van der Waals surface area contributed by atoms with Crippen LogP contribution in [0.1, 0.15) is 18.5 Å². The topological polar surface area (TPSA) is 149 Å². The standard InChI is InChI=1S/C19H16N6O4/c1-10-15(17(20)27)16(11-4-8-14(26)9-5-11)24-19(21-10)22-18(23-24)12-2-6-13(7-3-12)25(28)29/h2-9,16,26H,1H3,(H2,20,27)(H,21,22,23). The molecule has 2 aromatic carbocycles. The minimum Gasteiger partial charge on any atom is -0.508 e. The Morgan fingerprint density at radius 1 is 1.21 bits per heavy atom. The number of benzene rings is 2. The number of amides is 1. The molecule has 0 fully saturated rings. The quantitative estimate of drug-likeness (QED) is 0.455. The van der Waals surface area contributed by atoms with Gasteiger partial charge < -0.3 is 16.2 Å². The fourth-order valence-corrected chi connectivity index (χ4v) is 3.29. The number of anilines is 1. The highest BCUT2D eigenvalue weighted by atomic mass is 16.6. The molecule has 146 valence electrons. The number of carbonyl (C=O) groups is 1. The van der Waals surface area contributed by atoms with Crippen LogP contribution >= 0.6 is 0 Å². The number of nitro benzene ring substituents is 1. The molecule has 0 bridgehead atoms. The largest absolute Gasteiger partial charge is 0.508 e. The normalized spacial score (nSPS) is 15.6. The maximum absolute atomic E-state index is 12.2. The molecule has 4 rings (SSSR count). The zero-order valence-electron chi connectivity index (χ0n) is 15.2. The number of rotatable bonds is 4. The Balaban J connectivity index is 1.82. The molecule has 1 aromatic heterocycles. The summed E-state index contributed by atoms with van der Waals surface area (Å²) in [5, 5.41) is 28.0. The van der Waals surface area contributed by atoms with Crippen molar-refractivity contribution in [1.29, 1.82) is 0 Å². The lowest BCUT2D eigenvalue weighted by molar-refractivity contribution is -0.384. The molecule has 0 radical (unpaired) electrons. The highest BCUT2D eigenvalue weighted by Gasteiger charge is 2.33. The molecule has 0 saturated carbocycles. The summed E-state index contributed by atoms with van der Waals surface area (Å²) in [5.41, 5.74) is 7.74. The molecule has 1 unspecified atom stereocenters. The van der Waals surface area contributed by atoms with Crippen LogP contribution in [0.3, 0.4) is 0 Å². The Morgan fingerprint density at radius 3 is 2.45 bits per heavy atom. The molecule has 1 aliphatic heterocycles. The number of carbonyl (C=O) groups excluding carboxylic acids is 1. The van der Waals surface area contributed by atoms with E-state index in [4.69, 9.17) is 5.73 Å². The van der Waals surface area contributed by atoms with E-state index in [2.05, 4.69) is 15.4 Å². The lowest BCUT2D eigenvalue weighted by atomic mass is 9.95. The number of primary amides is 1. The molecule has 0 spiro atoms. The van der Waals surface area contributed by atoms with Gasteiger partial charge in [0.15, 0.2) is 5.82 Å². The summed E-state index contributed by atoms with van der Waals surface area (Å²) in [6.07, 6.45) is 0. The monoisotopic (exact) mass is 392 g/mol. The van der Waals surface area contributed by atoms with Crippen LogP contribution in [0.25, 0.3) is 11.4 Å². The number of nitro groups is 1. The second kappa shape index (κ2) is 6.75. The van der Waals surface area contributed by atoms with Crippen molar-refractivity contribution in [2.24, 2.45) is 5.73 Å². The molecule has 0 saturated heterocycles. The van der Waals surface area contributed by atoms with Crippen LogP contribution in [-0.4, -0.2) is 30.7 Å². The highest BCUT2D eigenvalue weighted by molar-refractivity contribution is 5.95. The molecule has 4 N–H and O–H groups in total. The summed E-state index contributed by atoms with van der Waals surface area (Å²) < 4.78 is 1.54. The minimum atomic E-state index is -0.636. The third-order valence-electron chi connectivity index (χ3n) is 4.66. The lowest BCUT2D eigenvalue weighted by Crippen LogP contribution is -2.31. The van der Waals surface area contributed by atoms with Crippen molar-refractivity contribution in [3.63, 3.8) is 0 Å². The van der Waals surface area contributed by atoms with Crippen molar-refractivity contribution in [2.75, 3.05) is 5.32 Å². The van der Waals surface area contributed by atoms with E-state index in [0.29, 0.717) is 34.2 Å².